The van der Waals surface area contributed by atoms with Crippen molar-refractivity contribution in [2.45, 2.75) is 19.0 Å². The SMILES string of the molecule is O=C(O)CC1CSCCN1C(=O)Cn1ncc2ccccc2c1=O. The fraction of sp³-hybridized carbons (Fsp3) is 0.375. The van der Waals surface area contributed by atoms with E-state index in [1.54, 1.807) is 41.1 Å². The quantitative estimate of drug-likeness (QED) is 0.880. The Bertz CT molecular complexity index is 835. The zero-order valence-corrected chi connectivity index (χ0v) is 13.7. The van der Waals surface area contributed by atoms with Gasteiger partial charge in [0.1, 0.15) is 6.54 Å². The number of aliphatic carboxylic acids is 1. The minimum Gasteiger partial charge on any atom is -0.481 e. The van der Waals surface area contributed by atoms with Gasteiger partial charge in [-0.2, -0.15) is 16.9 Å². The van der Waals surface area contributed by atoms with Crippen LogP contribution in [0.2, 0.25) is 0 Å². The highest BCUT2D eigenvalue weighted by Crippen LogP contribution is 2.19. The normalized spacial score (nSPS) is 17.8. The molecule has 2 aromatic rings. The number of rotatable bonds is 4. The summed E-state index contributed by atoms with van der Waals surface area (Å²) in [6.07, 6.45) is 1.48. The van der Waals surface area contributed by atoms with Crippen LogP contribution in [0, 0.1) is 0 Å². The van der Waals surface area contributed by atoms with E-state index in [1.807, 2.05) is 6.07 Å². The largest absolute Gasteiger partial charge is 0.481 e. The van der Waals surface area contributed by atoms with Gasteiger partial charge in [0.05, 0.1) is 24.0 Å². The molecule has 1 unspecified atom stereocenters. The minimum atomic E-state index is -0.929. The molecule has 1 aromatic carbocycles. The van der Waals surface area contributed by atoms with Crippen molar-refractivity contribution in [3.05, 3.63) is 40.8 Å². The molecule has 0 aliphatic carbocycles. The van der Waals surface area contributed by atoms with Gasteiger partial charge < -0.3 is 10.0 Å². The summed E-state index contributed by atoms with van der Waals surface area (Å²) < 4.78 is 1.14. The number of nitrogens with zero attached hydrogens (tertiary/aromatic N) is 3. The number of amides is 1. The summed E-state index contributed by atoms with van der Waals surface area (Å²) in [6.45, 7) is 0.314. The first kappa shape index (κ1) is 16.5. The summed E-state index contributed by atoms with van der Waals surface area (Å²) in [5.74, 6) is 0.160. The Labute approximate surface area is 142 Å². The summed E-state index contributed by atoms with van der Waals surface area (Å²) in [5, 5.41) is 14.3. The molecule has 8 heteroatoms. The van der Waals surface area contributed by atoms with Crippen molar-refractivity contribution in [2.24, 2.45) is 0 Å². The number of carbonyl (C=O) groups excluding carboxylic acids is 1. The van der Waals surface area contributed by atoms with E-state index in [4.69, 9.17) is 5.11 Å². The molecule has 1 aliphatic rings. The molecule has 126 valence electrons. The molecule has 1 atom stereocenters. The Morgan fingerprint density at radius 1 is 1.33 bits per heavy atom. The van der Waals surface area contributed by atoms with Crippen molar-refractivity contribution < 1.29 is 14.7 Å². The molecule has 1 aromatic heterocycles. The molecule has 1 N–H and O–H groups in total. The van der Waals surface area contributed by atoms with E-state index < -0.39 is 5.97 Å². The molecular weight excluding hydrogens is 330 g/mol. The lowest BCUT2D eigenvalue weighted by Crippen LogP contribution is -2.49. The van der Waals surface area contributed by atoms with Crippen molar-refractivity contribution >= 4 is 34.4 Å². The number of carbonyl (C=O) groups is 2. The monoisotopic (exact) mass is 347 g/mol. The van der Waals surface area contributed by atoms with Gasteiger partial charge in [0.25, 0.3) is 5.56 Å². The van der Waals surface area contributed by atoms with Crippen molar-refractivity contribution in [1.82, 2.24) is 14.7 Å². The smallest absolute Gasteiger partial charge is 0.305 e. The summed E-state index contributed by atoms with van der Waals surface area (Å²) in [4.78, 5) is 37.6. The number of hydrogen-bond acceptors (Lipinski definition) is 5. The Hall–Kier alpha value is -2.35. The van der Waals surface area contributed by atoms with Crippen LogP contribution in [0.15, 0.2) is 35.3 Å². The van der Waals surface area contributed by atoms with Crippen LogP contribution < -0.4 is 5.56 Å². The second kappa shape index (κ2) is 7.04. The molecule has 0 saturated carbocycles. The number of benzene rings is 1. The van der Waals surface area contributed by atoms with Crippen LogP contribution in [-0.2, 0) is 16.1 Å². The molecule has 24 heavy (non-hydrogen) atoms. The summed E-state index contributed by atoms with van der Waals surface area (Å²) >= 11 is 1.64. The molecule has 7 nitrogen and oxygen atoms in total. The number of carboxylic acids is 1. The van der Waals surface area contributed by atoms with E-state index >= 15 is 0 Å². The van der Waals surface area contributed by atoms with Crippen LogP contribution in [0.4, 0.5) is 0 Å². The standard InChI is InChI=1S/C16H17N3O4S/c20-14(18-5-6-24-10-12(18)7-15(21)22)9-19-16(23)13-4-2-1-3-11(13)8-17-19/h1-4,8,12H,5-7,9-10H2,(H,21,22). The summed E-state index contributed by atoms with van der Waals surface area (Å²) in [7, 11) is 0. The van der Waals surface area contributed by atoms with Crippen molar-refractivity contribution in [1.29, 1.82) is 0 Å². The van der Waals surface area contributed by atoms with E-state index in [0.29, 0.717) is 17.7 Å². The van der Waals surface area contributed by atoms with Crippen LogP contribution in [-0.4, -0.2) is 55.8 Å². The van der Waals surface area contributed by atoms with Crippen LogP contribution in [0.3, 0.4) is 0 Å². The zero-order valence-electron chi connectivity index (χ0n) is 12.9. The number of carboxylic acid groups (broad SMARTS) is 1. The predicted octanol–water partition coefficient (Wildman–Crippen LogP) is 0.815. The fourth-order valence-corrected chi connectivity index (χ4v) is 3.88. The Morgan fingerprint density at radius 2 is 2.12 bits per heavy atom. The molecule has 1 saturated heterocycles. The van der Waals surface area contributed by atoms with Gasteiger partial charge in [-0.3, -0.25) is 14.4 Å². The summed E-state index contributed by atoms with van der Waals surface area (Å²) in [5.41, 5.74) is -0.317. The van der Waals surface area contributed by atoms with Crippen LogP contribution >= 0.6 is 11.8 Å². The molecule has 0 bridgehead atoms. The third-order valence-electron chi connectivity index (χ3n) is 4.00. The second-order valence-corrected chi connectivity index (χ2v) is 6.76. The van der Waals surface area contributed by atoms with Crippen molar-refractivity contribution in [3.8, 4) is 0 Å². The lowest BCUT2D eigenvalue weighted by Gasteiger charge is -2.34. The third-order valence-corrected chi connectivity index (χ3v) is 5.10. The highest BCUT2D eigenvalue weighted by atomic mass is 32.2. The van der Waals surface area contributed by atoms with Gasteiger partial charge in [-0.25, -0.2) is 4.68 Å². The number of hydrogen-bond donors (Lipinski definition) is 1. The first-order valence-electron chi connectivity index (χ1n) is 7.60. The molecule has 1 amide bonds. The Balaban J connectivity index is 1.82. The maximum absolute atomic E-state index is 12.6. The van der Waals surface area contributed by atoms with Gasteiger partial charge in [-0.15, -0.1) is 0 Å². The van der Waals surface area contributed by atoms with Gasteiger partial charge in [-0.1, -0.05) is 18.2 Å². The highest BCUT2D eigenvalue weighted by molar-refractivity contribution is 7.99. The van der Waals surface area contributed by atoms with Gasteiger partial charge in [0.15, 0.2) is 0 Å². The lowest BCUT2D eigenvalue weighted by molar-refractivity contribution is -0.140. The maximum atomic E-state index is 12.6. The number of aromatic nitrogens is 2. The van der Waals surface area contributed by atoms with Crippen LogP contribution in [0.5, 0.6) is 0 Å². The van der Waals surface area contributed by atoms with Gasteiger partial charge in [0, 0.05) is 23.4 Å². The minimum absolute atomic E-state index is 0.0845. The fourth-order valence-electron chi connectivity index (χ4n) is 2.81. The third kappa shape index (κ3) is 3.43. The molecule has 2 heterocycles. The zero-order chi connectivity index (χ0) is 17.1. The summed E-state index contributed by atoms with van der Waals surface area (Å²) in [6, 6.07) is 6.73. The van der Waals surface area contributed by atoms with E-state index in [9.17, 15) is 14.4 Å². The molecule has 3 rings (SSSR count). The molecule has 0 radical (unpaired) electrons. The maximum Gasteiger partial charge on any atom is 0.305 e. The topological polar surface area (TPSA) is 92.5 Å². The van der Waals surface area contributed by atoms with Gasteiger partial charge >= 0.3 is 5.97 Å². The average Bonchev–Trinajstić information content (AvgIpc) is 2.57. The molecule has 0 spiro atoms. The van der Waals surface area contributed by atoms with E-state index in [2.05, 4.69) is 5.10 Å². The van der Waals surface area contributed by atoms with E-state index in [1.165, 1.54) is 0 Å². The first-order valence-corrected chi connectivity index (χ1v) is 8.75. The molecular formula is C16H17N3O4S. The van der Waals surface area contributed by atoms with E-state index in [0.717, 1.165) is 15.8 Å². The van der Waals surface area contributed by atoms with Crippen molar-refractivity contribution in [2.75, 3.05) is 18.1 Å². The Kier molecular flexibility index (Phi) is 4.84. The number of fused-ring (bicyclic) bond motifs is 1. The van der Waals surface area contributed by atoms with Gasteiger partial charge in [-0.05, 0) is 6.07 Å². The second-order valence-electron chi connectivity index (χ2n) is 5.61. The molecule has 1 aliphatic heterocycles. The van der Waals surface area contributed by atoms with Crippen LogP contribution in [0.25, 0.3) is 10.8 Å². The highest BCUT2D eigenvalue weighted by Gasteiger charge is 2.29. The average molecular weight is 347 g/mol. The molecule has 1 fully saturated rings. The Morgan fingerprint density at radius 3 is 2.92 bits per heavy atom. The lowest BCUT2D eigenvalue weighted by atomic mass is 10.2. The van der Waals surface area contributed by atoms with Crippen molar-refractivity contribution in [3.63, 3.8) is 0 Å². The van der Waals surface area contributed by atoms with Gasteiger partial charge in [0.2, 0.25) is 5.91 Å². The van der Waals surface area contributed by atoms with Crippen LogP contribution in [0.1, 0.15) is 6.42 Å². The van der Waals surface area contributed by atoms with E-state index in [-0.39, 0.29) is 30.5 Å². The predicted molar refractivity (Wildman–Crippen MR) is 91.1 cm³/mol. The number of thioether (sulfide) groups is 1. The first-order chi connectivity index (χ1) is 11.6.